The van der Waals surface area contributed by atoms with Crippen LogP contribution in [0, 0.1) is 0 Å². The first-order chi connectivity index (χ1) is 32.8. The lowest BCUT2D eigenvalue weighted by Crippen LogP contribution is -2.16. The third-order valence-electron chi connectivity index (χ3n) is 10.7. The number of aldehydes is 2. The van der Waals surface area contributed by atoms with Crippen LogP contribution in [0.1, 0.15) is 133 Å². The second kappa shape index (κ2) is 27.7. The Morgan fingerprint density at radius 2 is 1.00 bits per heavy atom. The zero-order valence-electron chi connectivity index (χ0n) is 39.9. The molecule has 68 heavy (non-hydrogen) atoms. The van der Waals surface area contributed by atoms with Crippen LogP contribution in [0.2, 0.25) is 0 Å². The maximum absolute atomic E-state index is 11.7. The van der Waals surface area contributed by atoms with Crippen molar-refractivity contribution in [2.24, 2.45) is 9.98 Å². The van der Waals surface area contributed by atoms with Gasteiger partial charge in [-0.15, -0.1) is 23.2 Å². The van der Waals surface area contributed by atoms with Gasteiger partial charge in [-0.1, -0.05) is 200 Å². The van der Waals surface area contributed by atoms with E-state index >= 15 is 0 Å². The Balaban J connectivity index is 0.000000233. The van der Waals surface area contributed by atoms with Gasteiger partial charge in [0.2, 0.25) is 0 Å². The summed E-state index contributed by atoms with van der Waals surface area (Å²) in [6.45, 7) is 17.5. The maximum Gasteiger partial charge on any atom is 0.170 e. The third-order valence-corrected chi connectivity index (χ3v) is 11.0. The molecule has 8 aromatic rings. The average Bonchev–Trinajstić information content (AvgIpc) is 3.96. The molecule has 1 N–H and O–H groups in total. The van der Waals surface area contributed by atoms with Gasteiger partial charge in [0.25, 0.3) is 0 Å². The summed E-state index contributed by atoms with van der Waals surface area (Å²) in [6.07, 6.45) is 1.58. The number of rotatable bonds is 10. The molecule has 4 radical (unpaired) electrons. The average molecular weight is 962 g/mol. The number of nitrogens with zero attached hydrogens (tertiary/aromatic N) is 5. The molecule has 0 aliphatic carbocycles. The number of nitrogens with one attached hydrogen (secondary N) is 1. The van der Waals surface area contributed by atoms with Crippen LogP contribution in [0.15, 0.2) is 156 Å². The SMILES string of the molecule is CC(C)c1cccc(C(C)C)c1N=C(Cl)c1ccccc1.CC(C)c1cccc(C(C)C)c1N=C(c1ccccc1)n1nc(C=O)c2ccccc21.ClCCl.O=Cc1[nH]nc2ccccc12.[B][B]. The van der Waals surface area contributed by atoms with E-state index in [0.717, 1.165) is 56.9 Å². The lowest BCUT2D eigenvalue weighted by atomic mass is 9.81. The molecule has 0 bridgehead atoms. The number of benzene rings is 6. The van der Waals surface area contributed by atoms with Crippen molar-refractivity contribution in [1.29, 1.82) is 0 Å². The van der Waals surface area contributed by atoms with E-state index in [4.69, 9.17) is 44.8 Å². The molecule has 2 aromatic heterocycles. The number of carbonyl (C=O) groups excluding carboxylic acids is 2. The van der Waals surface area contributed by atoms with E-state index in [0.29, 0.717) is 46.1 Å². The highest BCUT2D eigenvalue weighted by Gasteiger charge is 2.20. The van der Waals surface area contributed by atoms with Crippen molar-refractivity contribution >= 4 is 107 Å². The Morgan fingerprint density at radius 1 is 0.574 bits per heavy atom. The summed E-state index contributed by atoms with van der Waals surface area (Å²) in [5, 5.41) is 13.7. The summed E-state index contributed by atoms with van der Waals surface area (Å²) in [6, 6.07) is 48.0. The van der Waals surface area contributed by atoms with Crippen molar-refractivity contribution in [2.45, 2.75) is 79.1 Å². The summed E-state index contributed by atoms with van der Waals surface area (Å²) in [4.78, 5) is 32.1. The number of fused-ring (bicyclic) bond motifs is 2. The van der Waals surface area contributed by atoms with Crippen LogP contribution in [-0.4, -0.2) is 64.4 Å². The highest BCUT2D eigenvalue weighted by Crippen LogP contribution is 2.37. The molecule has 8 nitrogen and oxygen atoms in total. The number of aromatic nitrogens is 4. The molecule has 6 aromatic carbocycles. The topological polar surface area (TPSA) is 105 Å². The zero-order valence-corrected chi connectivity index (χ0v) is 42.1. The lowest BCUT2D eigenvalue weighted by molar-refractivity contribution is 0.111. The van der Waals surface area contributed by atoms with Crippen molar-refractivity contribution in [1.82, 2.24) is 20.0 Å². The Kier molecular flexibility index (Phi) is 22.2. The predicted molar refractivity (Wildman–Crippen MR) is 290 cm³/mol. The van der Waals surface area contributed by atoms with Gasteiger partial charge in [0.15, 0.2) is 18.4 Å². The van der Waals surface area contributed by atoms with Crippen molar-refractivity contribution in [3.63, 3.8) is 0 Å². The minimum Gasteiger partial charge on any atom is -0.296 e. The van der Waals surface area contributed by atoms with Gasteiger partial charge >= 0.3 is 0 Å². The summed E-state index contributed by atoms with van der Waals surface area (Å²) >= 11 is 16.0. The third kappa shape index (κ3) is 14.2. The van der Waals surface area contributed by atoms with E-state index in [1.165, 1.54) is 22.3 Å². The Morgan fingerprint density at radius 3 is 1.47 bits per heavy atom. The molecule has 0 saturated carbocycles. The van der Waals surface area contributed by atoms with Gasteiger partial charge in [0.05, 0.1) is 27.7 Å². The van der Waals surface area contributed by atoms with Crippen LogP contribution >= 0.6 is 34.8 Å². The van der Waals surface area contributed by atoms with Crippen LogP contribution in [0.3, 0.4) is 0 Å². The van der Waals surface area contributed by atoms with E-state index < -0.39 is 0 Å². The normalized spacial score (nSPS) is 11.3. The van der Waals surface area contributed by atoms with Crippen molar-refractivity contribution in [3.8, 4) is 0 Å². The van der Waals surface area contributed by atoms with Crippen molar-refractivity contribution in [3.05, 3.63) is 190 Å². The first kappa shape index (κ1) is 54.5. The molecule has 13 heteroatoms. The van der Waals surface area contributed by atoms with Crippen molar-refractivity contribution < 1.29 is 9.59 Å². The van der Waals surface area contributed by atoms with Crippen molar-refractivity contribution in [2.75, 3.05) is 5.34 Å². The monoisotopic (exact) mass is 960 g/mol. The molecule has 0 aliphatic heterocycles. The summed E-state index contributed by atoms with van der Waals surface area (Å²) < 4.78 is 1.80. The lowest BCUT2D eigenvalue weighted by Gasteiger charge is -2.18. The molecule has 8 rings (SSSR count). The van der Waals surface area contributed by atoms with Crippen LogP contribution in [0.4, 0.5) is 11.4 Å². The van der Waals surface area contributed by atoms with Crippen LogP contribution in [-0.2, 0) is 0 Å². The number of halogens is 3. The quantitative estimate of drug-likeness (QED) is 0.0484. The van der Waals surface area contributed by atoms with E-state index in [9.17, 15) is 9.59 Å². The van der Waals surface area contributed by atoms with Crippen LogP contribution < -0.4 is 0 Å². The number of aromatic amines is 1. The van der Waals surface area contributed by atoms with Gasteiger partial charge in [-0.25, -0.2) is 14.7 Å². The molecule has 0 aliphatic rings. The smallest absolute Gasteiger partial charge is 0.170 e. The molecule has 0 spiro atoms. The first-order valence-electron chi connectivity index (χ1n) is 22.3. The van der Waals surface area contributed by atoms with Gasteiger partial charge in [-0.05, 0) is 58.1 Å². The Labute approximate surface area is 419 Å². The molecule has 0 amide bonds. The van der Waals surface area contributed by atoms with Gasteiger partial charge in [-0.3, -0.25) is 14.7 Å². The summed E-state index contributed by atoms with van der Waals surface area (Å²) in [5.74, 6) is 2.20. The predicted octanol–water partition coefficient (Wildman–Crippen LogP) is 15.0. The number of para-hydroxylation sites is 4. The van der Waals surface area contributed by atoms with E-state index in [1.54, 1.807) is 4.68 Å². The second-order valence-electron chi connectivity index (χ2n) is 16.6. The summed E-state index contributed by atoms with van der Waals surface area (Å²) in [7, 11) is 8.00. The van der Waals surface area contributed by atoms with Gasteiger partial charge in [0.1, 0.15) is 16.6 Å². The molecule has 0 fully saturated rings. The number of aliphatic imine (C=N–C) groups is 2. The fourth-order valence-corrected chi connectivity index (χ4v) is 7.57. The zero-order chi connectivity index (χ0) is 49.8. The standard InChI is InChI=1S/C27H27N3O.C19H22ClN.C8H6N2O.CH2Cl2.B2/c1-18(2)21-14-10-15-22(19(3)4)26(21)28-27(20-11-6-5-7-12-20)30-25-16-9-8-13-23(25)24(17-31)29-30;1-13(2)16-11-8-12-17(14(3)4)18(16)21-19(20)15-9-6-5-7-10-15;11-5-8-6-3-1-2-4-7(6)9-10-8;2-1-3;1-2/h5-19H,1-4H3;5-14H,1-4H3;1-5H,(H,9,10);1H2;. The van der Waals surface area contributed by atoms with Crippen LogP contribution in [0.25, 0.3) is 21.8 Å². The number of carbonyl (C=O) groups is 2. The van der Waals surface area contributed by atoms with Gasteiger partial charge in [0, 0.05) is 37.4 Å². The number of hydrogen-bond acceptors (Lipinski definition) is 6. The minimum atomic E-state index is 0.194. The molecular weight excluding hydrogens is 905 g/mol. The Hall–Kier alpha value is -6.06. The summed E-state index contributed by atoms with van der Waals surface area (Å²) in [5.41, 5.74) is 11.4. The highest BCUT2D eigenvalue weighted by atomic mass is 35.5. The van der Waals surface area contributed by atoms with Gasteiger partial charge < -0.3 is 0 Å². The van der Waals surface area contributed by atoms with E-state index in [2.05, 4.69) is 123 Å². The molecule has 0 atom stereocenters. The van der Waals surface area contributed by atoms with Crippen LogP contribution in [0.5, 0.6) is 0 Å². The second-order valence-corrected chi connectivity index (χ2v) is 17.7. The number of alkyl halides is 2. The van der Waals surface area contributed by atoms with E-state index in [1.807, 2.05) is 109 Å². The Bertz CT molecular complexity index is 2840. The molecule has 346 valence electrons. The minimum absolute atomic E-state index is 0.194. The largest absolute Gasteiger partial charge is 0.296 e. The molecular formula is C55H57B2Cl3N6O2. The molecule has 0 unspecified atom stereocenters. The van der Waals surface area contributed by atoms with E-state index in [-0.39, 0.29) is 5.34 Å². The molecule has 0 saturated heterocycles. The van der Waals surface area contributed by atoms with Gasteiger partial charge in [-0.2, -0.15) is 10.2 Å². The number of H-pyrrole nitrogens is 1. The molecule has 2 heterocycles. The first-order valence-corrected chi connectivity index (χ1v) is 23.8. The maximum atomic E-state index is 11.7. The fraction of sp³-hybridized carbons (Fsp3) is 0.236. The number of hydrogen-bond donors (Lipinski definition) is 1. The fourth-order valence-electron chi connectivity index (χ4n) is 7.36. The highest BCUT2D eigenvalue weighted by molar-refractivity contribution is 6.75.